The van der Waals surface area contributed by atoms with E-state index in [4.69, 9.17) is 16.3 Å². The molecule has 4 rings (SSSR count). The number of nitro groups is 1. The number of H-pyrrole nitrogens is 1. The zero-order chi connectivity index (χ0) is 19.0. The van der Waals surface area contributed by atoms with Crippen molar-refractivity contribution in [2.24, 2.45) is 0 Å². The van der Waals surface area contributed by atoms with Gasteiger partial charge in [0.1, 0.15) is 10.4 Å². The Bertz CT molecular complexity index is 1220. The Morgan fingerprint density at radius 1 is 1.15 bits per heavy atom. The van der Waals surface area contributed by atoms with Crippen molar-refractivity contribution in [3.05, 3.63) is 80.2 Å². The minimum absolute atomic E-state index is 0.0877. The molecular weight excluding hydrogens is 374 g/mol. The Kier molecular flexibility index (Phi) is 4.05. The smallest absolute Gasteiger partial charge is 0.330 e. The molecule has 0 atom stereocenters. The number of aromatic amines is 1. The van der Waals surface area contributed by atoms with Gasteiger partial charge in [0, 0.05) is 0 Å². The number of nitrogens with one attached hydrogen (secondary N) is 1. The van der Waals surface area contributed by atoms with Gasteiger partial charge in [-0.3, -0.25) is 19.9 Å². The summed E-state index contributed by atoms with van der Waals surface area (Å²) < 4.78 is 6.94. The molecule has 0 saturated carbocycles. The van der Waals surface area contributed by atoms with Crippen LogP contribution in [0, 0.1) is 10.1 Å². The van der Waals surface area contributed by atoms with Gasteiger partial charge < -0.3 is 4.74 Å². The number of hydrogen-bond acceptors (Lipinski definition) is 6. The summed E-state index contributed by atoms with van der Waals surface area (Å²) in [6.45, 7) is 0. The van der Waals surface area contributed by atoms with Crippen LogP contribution in [0.1, 0.15) is 0 Å². The molecule has 2 aromatic carbocycles. The van der Waals surface area contributed by atoms with Crippen molar-refractivity contribution in [1.29, 1.82) is 0 Å². The summed E-state index contributed by atoms with van der Waals surface area (Å²) >= 11 is 5.88. The molecule has 0 aliphatic rings. The van der Waals surface area contributed by atoms with Gasteiger partial charge in [-0.25, -0.2) is 4.68 Å². The summed E-state index contributed by atoms with van der Waals surface area (Å²) in [7, 11) is 0. The van der Waals surface area contributed by atoms with Crippen LogP contribution >= 0.6 is 11.6 Å². The number of fused-ring (bicyclic) bond motifs is 1. The Balaban J connectivity index is 1.84. The van der Waals surface area contributed by atoms with Crippen LogP contribution < -0.4 is 10.3 Å². The summed E-state index contributed by atoms with van der Waals surface area (Å²) in [4.78, 5) is 29.6. The van der Waals surface area contributed by atoms with Gasteiger partial charge in [-0.2, -0.15) is 10.1 Å². The van der Waals surface area contributed by atoms with Crippen LogP contribution in [0.4, 0.5) is 5.69 Å². The molecule has 0 fully saturated rings. The summed E-state index contributed by atoms with van der Waals surface area (Å²) in [5.41, 5.74) is 0.0512. The number of hydrogen-bond donors (Lipinski definition) is 1. The van der Waals surface area contributed by atoms with Gasteiger partial charge in [0.2, 0.25) is 5.75 Å². The lowest BCUT2D eigenvalue weighted by Crippen LogP contribution is -2.10. The molecule has 134 valence electrons. The largest absolute Gasteiger partial charge is 0.418 e. The van der Waals surface area contributed by atoms with Gasteiger partial charge in [0.25, 0.3) is 5.56 Å². The van der Waals surface area contributed by atoms with E-state index in [0.29, 0.717) is 5.69 Å². The molecule has 4 aromatic rings. The first-order valence-electron chi connectivity index (χ1n) is 7.69. The van der Waals surface area contributed by atoms with E-state index in [2.05, 4.69) is 15.1 Å². The van der Waals surface area contributed by atoms with Crippen LogP contribution in [0.5, 0.6) is 11.8 Å². The number of nitro benzene ring substituents is 1. The van der Waals surface area contributed by atoms with Gasteiger partial charge in [0.05, 0.1) is 16.8 Å². The molecule has 0 amide bonds. The minimum atomic E-state index is -0.664. The SMILES string of the molecule is O=c1[nH]c(Oc2cccc(Cl)c2[N+](=O)[O-])nc2c1cnn2-c1ccccc1. The van der Waals surface area contributed by atoms with Crippen molar-refractivity contribution in [3.8, 4) is 17.4 Å². The maximum atomic E-state index is 12.3. The molecule has 0 unspecified atom stereocenters. The van der Waals surface area contributed by atoms with Crippen LogP contribution in [-0.4, -0.2) is 24.7 Å². The van der Waals surface area contributed by atoms with E-state index >= 15 is 0 Å². The molecule has 2 heterocycles. The Labute approximate surface area is 156 Å². The van der Waals surface area contributed by atoms with Gasteiger partial charge in [-0.15, -0.1) is 0 Å². The number of rotatable bonds is 4. The van der Waals surface area contributed by atoms with Crippen molar-refractivity contribution < 1.29 is 9.66 Å². The maximum Gasteiger partial charge on any atom is 0.330 e. The number of benzene rings is 2. The lowest BCUT2D eigenvalue weighted by Gasteiger charge is -2.07. The first kappa shape index (κ1) is 16.7. The maximum absolute atomic E-state index is 12.3. The standard InChI is InChI=1S/C17H10ClN5O4/c18-12-7-4-8-13(14(12)23(25)26)27-17-20-15-11(16(24)21-17)9-19-22(15)10-5-2-1-3-6-10/h1-9H,(H,20,21,24). The predicted molar refractivity (Wildman–Crippen MR) is 97.7 cm³/mol. The Hall–Kier alpha value is -3.72. The van der Waals surface area contributed by atoms with E-state index in [1.165, 1.54) is 29.1 Å². The van der Waals surface area contributed by atoms with Crippen LogP contribution in [0.3, 0.4) is 0 Å². The zero-order valence-corrected chi connectivity index (χ0v) is 14.3. The molecule has 0 radical (unpaired) electrons. The van der Waals surface area contributed by atoms with Gasteiger partial charge >= 0.3 is 11.7 Å². The van der Waals surface area contributed by atoms with Gasteiger partial charge in [-0.05, 0) is 24.3 Å². The van der Waals surface area contributed by atoms with E-state index in [9.17, 15) is 14.9 Å². The third kappa shape index (κ3) is 3.00. The molecule has 0 bridgehead atoms. The predicted octanol–water partition coefficient (Wildman–Crippen LogP) is 3.46. The Morgan fingerprint density at radius 2 is 1.93 bits per heavy atom. The summed E-state index contributed by atoms with van der Waals surface area (Å²) in [5, 5.41) is 15.6. The van der Waals surface area contributed by atoms with E-state index < -0.39 is 16.2 Å². The highest BCUT2D eigenvalue weighted by Crippen LogP contribution is 2.36. The van der Waals surface area contributed by atoms with E-state index in [1.54, 1.807) is 12.1 Å². The first-order chi connectivity index (χ1) is 13.0. The van der Waals surface area contributed by atoms with Crippen LogP contribution in [-0.2, 0) is 0 Å². The third-order valence-corrected chi connectivity index (χ3v) is 4.06. The fourth-order valence-electron chi connectivity index (χ4n) is 2.56. The molecule has 0 aliphatic heterocycles. The number of nitrogens with zero attached hydrogens (tertiary/aromatic N) is 4. The molecule has 9 nitrogen and oxygen atoms in total. The minimum Gasteiger partial charge on any atom is -0.418 e. The average molecular weight is 384 g/mol. The van der Waals surface area contributed by atoms with Crippen molar-refractivity contribution >= 4 is 28.3 Å². The Morgan fingerprint density at radius 3 is 2.67 bits per heavy atom. The van der Waals surface area contributed by atoms with Crippen LogP contribution in [0.25, 0.3) is 16.7 Å². The molecule has 0 spiro atoms. The van der Waals surface area contributed by atoms with Gasteiger partial charge in [-0.1, -0.05) is 35.9 Å². The highest BCUT2D eigenvalue weighted by molar-refractivity contribution is 6.32. The molecule has 2 aromatic heterocycles. The number of para-hydroxylation sites is 2. The van der Waals surface area contributed by atoms with Crippen molar-refractivity contribution in [1.82, 2.24) is 19.7 Å². The van der Waals surface area contributed by atoms with Crippen molar-refractivity contribution in [3.63, 3.8) is 0 Å². The normalized spacial score (nSPS) is 10.9. The second-order valence-electron chi connectivity index (χ2n) is 5.45. The molecule has 27 heavy (non-hydrogen) atoms. The highest BCUT2D eigenvalue weighted by Gasteiger charge is 2.22. The fourth-order valence-corrected chi connectivity index (χ4v) is 2.80. The van der Waals surface area contributed by atoms with Crippen LogP contribution in [0.15, 0.2) is 59.5 Å². The first-order valence-corrected chi connectivity index (χ1v) is 8.06. The quantitative estimate of drug-likeness (QED) is 0.426. The molecule has 1 N–H and O–H groups in total. The lowest BCUT2D eigenvalue weighted by molar-refractivity contribution is -0.385. The van der Waals surface area contributed by atoms with Crippen LogP contribution in [0.2, 0.25) is 5.02 Å². The zero-order valence-electron chi connectivity index (χ0n) is 13.5. The summed E-state index contributed by atoms with van der Waals surface area (Å²) in [6.07, 6.45) is 1.39. The van der Waals surface area contributed by atoms with E-state index in [1.807, 2.05) is 18.2 Å². The molecule has 0 aliphatic carbocycles. The van der Waals surface area contributed by atoms with E-state index in [0.717, 1.165) is 0 Å². The second-order valence-corrected chi connectivity index (χ2v) is 5.85. The molecule has 0 saturated heterocycles. The summed E-state index contributed by atoms with van der Waals surface area (Å²) in [6, 6.07) is 13.1. The van der Waals surface area contributed by atoms with Gasteiger partial charge in [0.15, 0.2) is 5.65 Å². The highest BCUT2D eigenvalue weighted by atomic mass is 35.5. The molecular formula is C17H10ClN5O4. The number of halogens is 1. The molecule has 10 heteroatoms. The fraction of sp³-hybridized carbons (Fsp3) is 0. The number of ether oxygens (including phenoxy) is 1. The second kappa shape index (κ2) is 6.54. The van der Waals surface area contributed by atoms with Crippen molar-refractivity contribution in [2.45, 2.75) is 0 Å². The third-order valence-electron chi connectivity index (χ3n) is 3.76. The topological polar surface area (TPSA) is 116 Å². The average Bonchev–Trinajstić information content (AvgIpc) is 3.06. The number of aromatic nitrogens is 4. The monoisotopic (exact) mass is 383 g/mol. The lowest BCUT2D eigenvalue weighted by atomic mass is 10.3. The van der Waals surface area contributed by atoms with Crippen molar-refractivity contribution in [2.75, 3.05) is 0 Å². The van der Waals surface area contributed by atoms with E-state index in [-0.39, 0.29) is 27.8 Å². The summed E-state index contributed by atoms with van der Waals surface area (Å²) in [5.74, 6) is -0.138.